The van der Waals surface area contributed by atoms with Gasteiger partial charge in [0.2, 0.25) is 5.88 Å². The van der Waals surface area contributed by atoms with E-state index in [1.807, 2.05) is 0 Å². The highest BCUT2D eigenvalue weighted by atomic mass is 16.5. The number of aryl methyl sites for hydroxylation is 1. The molecule has 1 aromatic carbocycles. The van der Waals surface area contributed by atoms with E-state index >= 15 is 0 Å². The number of ether oxygens (including phenoxy) is 1. The van der Waals surface area contributed by atoms with Gasteiger partial charge in [0.15, 0.2) is 0 Å². The Morgan fingerprint density at radius 1 is 1.53 bits per heavy atom. The molecule has 0 atom stereocenters. The number of fused-ring (bicyclic) bond motifs is 1. The highest BCUT2D eigenvalue weighted by Gasteiger charge is 2.09. The number of hydrogen-bond acceptors (Lipinski definition) is 4. The molecule has 0 aliphatic heterocycles. The molecule has 0 saturated carbocycles. The van der Waals surface area contributed by atoms with Crippen molar-refractivity contribution in [3.8, 4) is 11.6 Å². The number of hydrogen-bond donors (Lipinski definition) is 2. The molecule has 0 amide bonds. The largest absolute Gasteiger partial charge is 0.508 e. The molecule has 0 bridgehead atoms. The maximum absolute atomic E-state index is 9.34. The number of nitrogens with zero attached hydrogens (tertiary/aromatic N) is 2. The van der Waals surface area contributed by atoms with E-state index in [9.17, 15) is 5.11 Å². The smallest absolute Gasteiger partial charge is 0.240 e. The van der Waals surface area contributed by atoms with Crippen molar-refractivity contribution in [3.05, 3.63) is 18.2 Å². The number of nitrogens with two attached hydrogens (primary N) is 1. The van der Waals surface area contributed by atoms with Crippen molar-refractivity contribution in [2.24, 2.45) is 12.8 Å². The summed E-state index contributed by atoms with van der Waals surface area (Å²) >= 11 is 0. The summed E-state index contributed by atoms with van der Waals surface area (Å²) in [6.07, 6.45) is 0. The average molecular weight is 207 g/mol. The quantitative estimate of drug-likeness (QED) is 0.773. The Hall–Kier alpha value is -1.75. The van der Waals surface area contributed by atoms with E-state index < -0.39 is 0 Å². The molecule has 0 fully saturated rings. The van der Waals surface area contributed by atoms with Crippen molar-refractivity contribution in [2.45, 2.75) is 0 Å². The number of phenols is 1. The fourth-order valence-electron chi connectivity index (χ4n) is 1.47. The molecule has 0 saturated heterocycles. The molecule has 2 aromatic rings. The molecule has 0 spiro atoms. The molecule has 15 heavy (non-hydrogen) atoms. The molecule has 5 heteroatoms. The lowest BCUT2D eigenvalue weighted by molar-refractivity contribution is 0.315. The van der Waals surface area contributed by atoms with Gasteiger partial charge in [0.1, 0.15) is 12.4 Å². The van der Waals surface area contributed by atoms with Crippen molar-refractivity contribution >= 4 is 10.9 Å². The molecular weight excluding hydrogens is 194 g/mol. The van der Waals surface area contributed by atoms with Gasteiger partial charge in [-0.25, -0.2) is 0 Å². The van der Waals surface area contributed by atoms with Crippen molar-refractivity contribution in [1.82, 2.24) is 9.78 Å². The number of rotatable bonds is 3. The van der Waals surface area contributed by atoms with Crippen LogP contribution in [0.4, 0.5) is 0 Å². The van der Waals surface area contributed by atoms with Gasteiger partial charge in [0, 0.05) is 19.7 Å². The minimum absolute atomic E-state index is 0.218. The van der Waals surface area contributed by atoms with Gasteiger partial charge in [0.25, 0.3) is 0 Å². The van der Waals surface area contributed by atoms with E-state index in [2.05, 4.69) is 5.10 Å². The summed E-state index contributed by atoms with van der Waals surface area (Å²) in [7, 11) is 1.80. The monoisotopic (exact) mass is 207 g/mol. The number of benzene rings is 1. The Bertz CT molecular complexity index is 479. The first-order chi connectivity index (χ1) is 7.22. The summed E-state index contributed by atoms with van der Waals surface area (Å²) in [5, 5.41) is 14.4. The van der Waals surface area contributed by atoms with Gasteiger partial charge in [-0.15, -0.1) is 5.10 Å². The maximum Gasteiger partial charge on any atom is 0.240 e. The minimum Gasteiger partial charge on any atom is -0.508 e. The minimum atomic E-state index is 0.218. The van der Waals surface area contributed by atoms with Crippen LogP contribution in [-0.2, 0) is 7.05 Å². The van der Waals surface area contributed by atoms with Crippen molar-refractivity contribution < 1.29 is 9.84 Å². The van der Waals surface area contributed by atoms with Crippen LogP contribution in [0.3, 0.4) is 0 Å². The lowest BCUT2D eigenvalue weighted by Gasteiger charge is -1.99. The lowest BCUT2D eigenvalue weighted by Crippen LogP contribution is -2.11. The second kappa shape index (κ2) is 3.78. The Labute approximate surface area is 87.1 Å². The van der Waals surface area contributed by atoms with Crippen LogP contribution in [0.1, 0.15) is 0 Å². The third-order valence-electron chi connectivity index (χ3n) is 2.16. The van der Waals surface area contributed by atoms with E-state index in [1.165, 1.54) is 0 Å². The first-order valence-electron chi connectivity index (χ1n) is 4.71. The predicted octanol–water partition coefficient (Wildman–Crippen LogP) is 0.616. The lowest BCUT2D eigenvalue weighted by atomic mass is 10.2. The predicted molar refractivity (Wildman–Crippen MR) is 56.9 cm³/mol. The zero-order valence-electron chi connectivity index (χ0n) is 8.47. The summed E-state index contributed by atoms with van der Waals surface area (Å²) in [6, 6.07) is 5.04. The molecule has 2 rings (SSSR count). The van der Waals surface area contributed by atoms with Gasteiger partial charge in [-0.3, -0.25) is 4.68 Å². The topological polar surface area (TPSA) is 73.3 Å². The fraction of sp³-hybridized carbons (Fsp3) is 0.300. The number of phenolic OH excluding ortho intramolecular Hbond substituents is 1. The van der Waals surface area contributed by atoms with Crippen LogP contribution in [-0.4, -0.2) is 28.0 Å². The van der Waals surface area contributed by atoms with E-state index in [1.54, 1.807) is 29.9 Å². The second-order valence-corrected chi connectivity index (χ2v) is 3.27. The van der Waals surface area contributed by atoms with Crippen LogP contribution in [0.25, 0.3) is 10.9 Å². The molecule has 3 N–H and O–H groups in total. The van der Waals surface area contributed by atoms with Gasteiger partial charge >= 0.3 is 0 Å². The first-order valence-corrected chi connectivity index (χ1v) is 4.71. The number of aromatic hydroxyl groups is 1. The van der Waals surface area contributed by atoms with Crippen LogP contribution in [0.15, 0.2) is 18.2 Å². The maximum atomic E-state index is 9.34. The highest BCUT2D eigenvalue weighted by molar-refractivity contribution is 5.85. The van der Waals surface area contributed by atoms with E-state index in [-0.39, 0.29) is 5.75 Å². The average Bonchev–Trinajstić information content (AvgIpc) is 2.53. The van der Waals surface area contributed by atoms with Gasteiger partial charge in [-0.1, -0.05) is 0 Å². The van der Waals surface area contributed by atoms with Crippen LogP contribution < -0.4 is 10.5 Å². The Morgan fingerprint density at radius 2 is 2.33 bits per heavy atom. The molecule has 1 aromatic heterocycles. The standard InChI is InChI=1S/C10H13N3O2/c1-13-9-6-7(14)2-3-8(9)10(12-13)15-5-4-11/h2-3,6,14H,4-5,11H2,1H3. The Kier molecular flexibility index (Phi) is 2.47. The van der Waals surface area contributed by atoms with Crippen molar-refractivity contribution in [1.29, 1.82) is 0 Å². The molecule has 0 unspecified atom stereocenters. The van der Waals surface area contributed by atoms with E-state index in [0.29, 0.717) is 19.0 Å². The van der Waals surface area contributed by atoms with Crippen LogP contribution in [0.2, 0.25) is 0 Å². The zero-order valence-corrected chi connectivity index (χ0v) is 8.47. The van der Waals surface area contributed by atoms with Crippen LogP contribution >= 0.6 is 0 Å². The summed E-state index contributed by atoms with van der Waals surface area (Å²) in [6.45, 7) is 0.892. The molecule has 0 radical (unpaired) electrons. The molecule has 0 aliphatic carbocycles. The van der Waals surface area contributed by atoms with Crippen molar-refractivity contribution in [2.75, 3.05) is 13.2 Å². The zero-order chi connectivity index (χ0) is 10.8. The number of aromatic nitrogens is 2. The van der Waals surface area contributed by atoms with Gasteiger partial charge in [-0.2, -0.15) is 0 Å². The van der Waals surface area contributed by atoms with E-state index in [0.717, 1.165) is 10.9 Å². The highest BCUT2D eigenvalue weighted by Crippen LogP contribution is 2.27. The molecule has 80 valence electrons. The first kappa shape index (κ1) is 9.79. The normalized spacial score (nSPS) is 10.8. The third-order valence-corrected chi connectivity index (χ3v) is 2.16. The molecule has 0 aliphatic rings. The van der Waals surface area contributed by atoms with Gasteiger partial charge in [0.05, 0.1) is 10.9 Å². The summed E-state index contributed by atoms with van der Waals surface area (Å²) in [4.78, 5) is 0. The molecule has 1 heterocycles. The molecule has 5 nitrogen and oxygen atoms in total. The van der Waals surface area contributed by atoms with Gasteiger partial charge in [-0.05, 0) is 12.1 Å². The summed E-state index contributed by atoms with van der Waals surface area (Å²) < 4.78 is 7.06. The third kappa shape index (κ3) is 1.73. The van der Waals surface area contributed by atoms with Crippen LogP contribution in [0.5, 0.6) is 11.6 Å². The SMILES string of the molecule is Cn1nc(OCCN)c2ccc(O)cc21. The Morgan fingerprint density at radius 3 is 3.07 bits per heavy atom. The summed E-state index contributed by atoms with van der Waals surface area (Å²) in [5.74, 6) is 0.772. The van der Waals surface area contributed by atoms with Crippen LogP contribution in [0, 0.1) is 0 Å². The van der Waals surface area contributed by atoms with E-state index in [4.69, 9.17) is 10.5 Å². The van der Waals surface area contributed by atoms with Gasteiger partial charge < -0.3 is 15.6 Å². The van der Waals surface area contributed by atoms with Crippen molar-refractivity contribution in [3.63, 3.8) is 0 Å². The Balaban J connectivity index is 2.48. The molecular formula is C10H13N3O2. The fourth-order valence-corrected chi connectivity index (χ4v) is 1.47. The summed E-state index contributed by atoms with van der Waals surface area (Å²) in [5.41, 5.74) is 6.19. The second-order valence-electron chi connectivity index (χ2n) is 3.27.